The van der Waals surface area contributed by atoms with Gasteiger partial charge >= 0.3 is 0 Å². The average Bonchev–Trinajstić information content (AvgIpc) is 2.48. The van der Waals surface area contributed by atoms with Gasteiger partial charge in [0.05, 0.1) is 0 Å². The molecule has 1 fully saturated rings. The summed E-state index contributed by atoms with van der Waals surface area (Å²) in [6, 6.07) is 7.80. The summed E-state index contributed by atoms with van der Waals surface area (Å²) in [5.74, 6) is 0.0773. The number of hydrogen-bond donors (Lipinski definition) is 2. The van der Waals surface area contributed by atoms with Gasteiger partial charge in [0.25, 0.3) is 5.91 Å². The number of carbonyl (C=O) groups is 1. The molecular weight excluding hydrogens is 288 g/mol. The molecule has 2 rings (SSSR count). The Morgan fingerprint density at radius 3 is 2.57 bits per heavy atom. The van der Waals surface area contributed by atoms with Gasteiger partial charge in [-0.2, -0.15) is 0 Å². The van der Waals surface area contributed by atoms with Gasteiger partial charge in [-0.3, -0.25) is 4.79 Å². The van der Waals surface area contributed by atoms with Crippen molar-refractivity contribution in [3.8, 4) is 0 Å². The zero-order chi connectivity index (χ0) is 15.2. The second kappa shape index (κ2) is 7.78. The van der Waals surface area contributed by atoms with Crippen molar-refractivity contribution in [2.45, 2.75) is 38.3 Å². The van der Waals surface area contributed by atoms with Gasteiger partial charge in [-0.25, -0.2) is 0 Å². The lowest BCUT2D eigenvalue weighted by Gasteiger charge is -2.34. The van der Waals surface area contributed by atoms with E-state index in [4.69, 9.17) is 16.7 Å². The number of amides is 1. The fraction of sp³-hybridized carbons (Fsp3) is 0.562. The van der Waals surface area contributed by atoms with E-state index in [1.54, 1.807) is 24.3 Å². The van der Waals surface area contributed by atoms with Crippen LogP contribution in [0.3, 0.4) is 0 Å². The minimum Gasteiger partial charge on any atom is -0.396 e. The molecule has 5 heteroatoms. The van der Waals surface area contributed by atoms with E-state index in [1.807, 2.05) is 4.90 Å². The number of likely N-dealkylation sites (tertiary alicyclic amines) is 1. The number of piperidine rings is 1. The number of halogens is 1. The third-order valence-corrected chi connectivity index (χ3v) is 4.21. The van der Waals surface area contributed by atoms with E-state index in [0.29, 0.717) is 22.7 Å². The lowest BCUT2D eigenvalue weighted by Crippen LogP contribution is -2.47. The van der Waals surface area contributed by atoms with Gasteiger partial charge in [0.1, 0.15) is 0 Å². The number of nitrogens with zero attached hydrogens (tertiary/aromatic N) is 1. The Balaban J connectivity index is 1.83. The van der Waals surface area contributed by atoms with Gasteiger partial charge in [-0.15, -0.1) is 0 Å². The highest BCUT2D eigenvalue weighted by Gasteiger charge is 2.24. The number of carbonyl (C=O) groups excluding carboxylic acids is 1. The molecule has 2 N–H and O–H groups in total. The lowest BCUT2D eigenvalue weighted by molar-refractivity contribution is 0.0701. The number of aliphatic hydroxyl groups is 1. The monoisotopic (exact) mass is 310 g/mol. The summed E-state index contributed by atoms with van der Waals surface area (Å²) in [5.41, 5.74) is 0.694. The van der Waals surface area contributed by atoms with E-state index in [-0.39, 0.29) is 12.5 Å². The maximum atomic E-state index is 12.4. The van der Waals surface area contributed by atoms with Crippen LogP contribution in [0.25, 0.3) is 0 Å². The van der Waals surface area contributed by atoms with E-state index in [9.17, 15) is 4.79 Å². The lowest BCUT2D eigenvalue weighted by atomic mass is 10.0. The van der Waals surface area contributed by atoms with Gasteiger partial charge in [-0.05, 0) is 50.5 Å². The summed E-state index contributed by atoms with van der Waals surface area (Å²) in [6.07, 6.45) is 2.67. The van der Waals surface area contributed by atoms with Gasteiger partial charge in [0.2, 0.25) is 0 Å². The molecule has 1 heterocycles. The van der Waals surface area contributed by atoms with Crippen LogP contribution in [0.2, 0.25) is 5.02 Å². The summed E-state index contributed by atoms with van der Waals surface area (Å²) in [4.78, 5) is 14.3. The first-order valence-corrected chi connectivity index (χ1v) is 7.89. The summed E-state index contributed by atoms with van der Waals surface area (Å²) < 4.78 is 0. The number of aliphatic hydroxyl groups excluding tert-OH is 1. The van der Waals surface area contributed by atoms with Crippen LogP contribution in [0, 0.1) is 0 Å². The maximum absolute atomic E-state index is 12.4. The molecule has 1 amide bonds. The molecule has 0 spiro atoms. The third-order valence-electron chi connectivity index (χ3n) is 3.96. The molecule has 0 aromatic heterocycles. The third kappa shape index (κ3) is 4.70. The van der Waals surface area contributed by atoms with Gasteiger partial charge in [-0.1, -0.05) is 11.6 Å². The molecule has 1 aromatic rings. The van der Waals surface area contributed by atoms with Crippen LogP contribution in [0.5, 0.6) is 0 Å². The van der Waals surface area contributed by atoms with Crippen LogP contribution in [0.15, 0.2) is 24.3 Å². The standard InChI is InChI=1S/C16H23ClN2O2/c1-12(8-11-20)18-15-6-9-19(10-7-15)16(21)13-2-4-14(17)5-3-13/h2-5,12,15,18,20H,6-11H2,1H3/t12-/m1/s1. The van der Waals surface area contributed by atoms with E-state index in [1.165, 1.54) is 0 Å². The first-order chi connectivity index (χ1) is 10.1. The van der Waals surface area contributed by atoms with Crippen LogP contribution in [-0.2, 0) is 0 Å². The van der Waals surface area contributed by atoms with Crippen molar-refractivity contribution >= 4 is 17.5 Å². The van der Waals surface area contributed by atoms with Gasteiger partial charge in [0, 0.05) is 42.4 Å². The second-order valence-electron chi connectivity index (χ2n) is 5.65. The average molecular weight is 311 g/mol. The molecule has 0 saturated carbocycles. The van der Waals surface area contributed by atoms with E-state index >= 15 is 0 Å². The van der Waals surface area contributed by atoms with Gasteiger partial charge in [0.15, 0.2) is 0 Å². The Morgan fingerprint density at radius 2 is 2.00 bits per heavy atom. The highest BCUT2D eigenvalue weighted by atomic mass is 35.5. The molecule has 0 unspecified atom stereocenters. The largest absolute Gasteiger partial charge is 0.396 e. The van der Waals surface area contributed by atoms with Gasteiger partial charge < -0.3 is 15.3 Å². The molecule has 0 aliphatic carbocycles. The number of benzene rings is 1. The van der Waals surface area contributed by atoms with Crippen molar-refractivity contribution < 1.29 is 9.90 Å². The Kier molecular flexibility index (Phi) is 6.03. The molecular formula is C16H23ClN2O2. The van der Waals surface area contributed by atoms with Crippen molar-refractivity contribution in [1.29, 1.82) is 0 Å². The fourth-order valence-electron chi connectivity index (χ4n) is 2.70. The van der Waals surface area contributed by atoms with Crippen LogP contribution < -0.4 is 5.32 Å². The summed E-state index contributed by atoms with van der Waals surface area (Å²) in [7, 11) is 0. The summed E-state index contributed by atoms with van der Waals surface area (Å²) >= 11 is 5.84. The fourth-order valence-corrected chi connectivity index (χ4v) is 2.83. The Labute approximate surface area is 131 Å². The minimum atomic E-state index is 0.0773. The molecule has 21 heavy (non-hydrogen) atoms. The Bertz CT molecular complexity index is 456. The molecule has 1 aromatic carbocycles. The SMILES string of the molecule is C[C@H](CCO)NC1CCN(C(=O)c2ccc(Cl)cc2)CC1. The highest BCUT2D eigenvalue weighted by Crippen LogP contribution is 2.16. The molecule has 1 aliphatic heterocycles. The highest BCUT2D eigenvalue weighted by molar-refractivity contribution is 6.30. The van der Waals surface area contributed by atoms with Crippen LogP contribution in [0.1, 0.15) is 36.5 Å². The predicted octanol–water partition coefficient (Wildman–Crippen LogP) is 2.31. The maximum Gasteiger partial charge on any atom is 0.253 e. The zero-order valence-corrected chi connectivity index (χ0v) is 13.1. The van der Waals surface area contributed by atoms with E-state index in [0.717, 1.165) is 32.4 Å². The minimum absolute atomic E-state index is 0.0773. The molecule has 0 bridgehead atoms. The normalized spacial score (nSPS) is 17.8. The quantitative estimate of drug-likeness (QED) is 0.877. The smallest absolute Gasteiger partial charge is 0.253 e. The number of hydrogen-bond acceptors (Lipinski definition) is 3. The molecule has 1 saturated heterocycles. The molecule has 4 nitrogen and oxygen atoms in total. The van der Waals surface area contributed by atoms with Crippen molar-refractivity contribution in [3.63, 3.8) is 0 Å². The van der Waals surface area contributed by atoms with Crippen LogP contribution >= 0.6 is 11.6 Å². The molecule has 0 radical (unpaired) electrons. The van der Waals surface area contributed by atoms with Crippen molar-refractivity contribution in [2.24, 2.45) is 0 Å². The second-order valence-corrected chi connectivity index (χ2v) is 6.09. The zero-order valence-electron chi connectivity index (χ0n) is 12.4. The van der Waals surface area contributed by atoms with E-state index < -0.39 is 0 Å². The Morgan fingerprint density at radius 1 is 1.38 bits per heavy atom. The van der Waals surface area contributed by atoms with E-state index in [2.05, 4.69) is 12.2 Å². The topological polar surface area (TPSA) is 52.6 Å². The van der Waals surface area contributed by atoms with Crippen LogP contribution in [0.4, 0.5) is 0 Å². The molecule has 1 atom stereocenters. The molecule has 116 valence electrons. The summed E-state index contributed by atoms with van der Waals surface area (Å²) in [6.45, 7) is 3.83. The van der Waals surface area contributed by atoms with Crippen molar-refractivity contribution in [3.05, 3.63) is 34.9 Å². The van der Waals surface area contributed by atoms with Crippen molar-refractivity contribution in [2.75, 3.05) is 19.7 Å². The summed E-state index contributed by atoms with van der Waals surface area (Å²) in [5, 5.41) is 13.1. The number of rotatable bonds is 5. The first-order valence-electron chi connectivity index (χ1n) is 7.52. The number of nitrogens with one attached hydrogen (secondary N) is 1. The Hall–Kier alpha value is -1.10. The van der Waals surface area contributed by atoms with Crippen LogP contribution in [-0.4, -0.2) is 47.7 Å². The molecule has 1 aliphatic rings. The first kappa shape index (κ1) is 16.3. The van der Waals surface area contributed by atoms with Crippen molar-refractivity contribution in [1.82, 2.24) is 10.2 Å². The predicted molar refractivity (Wildman–Crippen MR) is 84.7 cm³/mol.